The maximum Gasteiger partial charge on any atom is 0.263 e. The third-order valence-corrected chi connectivity index (χ3v) is 3.70. The van der Waals surface area contributed by atoms with Crippen LogP contribution in [-0.4, -0.2) is 30.2 Å². The number of amidine groups is 1. The van der Waals surface area contributed by atoms with E-state index in [2.05, 4.69) is 15.6 Å². The van der Waals surface area contributed by atoms with E-state index < -0.39 is 5.41 Å². The second kappa shape index (κ2) is 3.38. The zero-order chi connectivity index (χ0) is 11.2. The van der Waals surface area contributed by atoms with Gasteiger partial charge in [-0.05, 0) is 32.2 Å². The van der Waals surface area contributed by atoms with E-state index in [1.165, 1.54) is 0 Å². The monoisotopic (exact) mass is 221 g/mol. The Morgan fingerprint density at radius 3 is 2.62 bits per heavy atom. The van der Waals surface area contributed by atoms with Gasteiger partial charge in [-0.3, -0.25) is 9.59 Å². The minimum Gasteiger partial charge on any atom is -0.312 e. The van der Waals surface area contributed by atoms with Gasteiger partial charge in [0.05, 0.1) is 6.04 Å². The summed E-state index contributed by atoms with van der Waals surface area (Å²) in [7, 11) is 0. The molecule has 1 saturated heterocycles. The Morgan fingerprint density at radius 1 is 1.25 bits per heavy atom. The average Bonchev–Trinajstić information content (AvgIpc) is 3.09. The molecule has 2 heterocycles. The summed E-state index contributed by atoms with van der Waals surface area (Å²) in [4.78, 5) is 27.6. The number of nitrogens with one attached hydrogen (secondary N) is 2. The highest BCUT2D eigenvalue weighted by atomic mass is 16.2. The largest absolute Gasteiger partial charge is 0.312 e. The fourth-order valence-corrected chi connectivity index (χ4v) is 2.39. The van der Waals surface area contributed by atoms with E-state index in [0.29, 0.717) is 18.7 Å². The molecule has 2 amide bonds. The van der Waals surface area contributed by atoms with Gasteiger partial charge in [-0.2, -0.15) is 4.99 Å². The highest BCUT2D eigenvalue weighted by Gasteiger charge is 2.58. The van der Waals surface area contributed by atoms with E-state index in [-0.39, 0.29) is 17.9 Å². The predicted octanol–water partition coefficient (Wildman–Crippen LogP) is -0.0364. The van der Waals surface area contributed by atoms with Crippen LogP contribution < -0.4 is 10.6 Å². The molecule has 3 aliphatic rings. The zero-order valence-electron chi connectivity index (χ0n) is 9.08. The van der Waals surface area contributed by atoms with E-state index in [9.17, 15) is 9.59 Å². The molecule has 0 aromatic heterocycles. The summed E-state index contributed by atoms with van der Waals surface area (Å²) in [6.07, 6.45) is 4.53. The van der Waals surface area contributed by atoms with Crippen LogP contribution in [0.15, 0.2) is 4.99 Å². The topological polar surface area (TPSA) is 70.6 Å². The lowest BCUT2D eigenvalue weighted by Crippen LogP contribution is -2.54. The van der Waals surface area contributed by atoms with Crippen molar-refractivity contribution in [1.82, 2.24) is 10.6 Å². The molecule has 16 heavy (non-hydrogen) atoms. The normalized spacial score (nSPS) is 32.2. The fraction of sp³-hybridized carbons (Fsp3) is 0.727. The standard InChI is InChI=1S/C11H15N3O2/c15-9-11(4-5-11)10(16)14-8(13-9)7-3-1-2-6-12-7/h7,12H,1-6H2,(H,13,14,15,16). The summed E-state index contributed by atoms with van der Waals surface area (Å²) >= 11 is 0. The third kappa shape index (κ3) is 1.38. The minimum absolute atomic E-state index is 0.0535. The first-order valence-corrected chi connectivity index (χ1v) is 5.90. The highest BCUT2D eigenvalue weighted by Crippen LogP contribution is 2.48. The van der Waals surface area contributed by atoms with Crippen LogP contribution in [0.3, 0.4) is 0 Å². The van der Waals surface area contributed by atoms with Crippen molar-refractivity contribution in [2.24, 2.45) is 10.4 Å². The van der Waals surface area contributed by atoms with Crippen LogP contribution in [0.1, 0.15) is 32.1 Å². The van der Waals surface area contributed by atoms with E-state index in [0.717, 1.165) is 25.8 Å². The highest BCUT2D eigenvalue weighted by molar-refractivity contribution is 6.21. The van der Waals surface area contributed by atoms with Crippen molar-refractivity contribution in [3.8, 4) is 0 Å². The summed E-state index contributed by atoms with van der Waals surface area (Å²) < 4.78 is 0. The van der Waals surface area contributed by atoms with E-state index in [1.807, 2.05) is 0 Å². The van der Waals surface area contributed by atoms with Crippen molar-refractivity contribution in [2.75, 3.05) is 6.54 Å². The van der Waals surface area contributed by atoms with Crippen LogP contribution in [0.2, 0.25) is 0 Å². The summed E-state index contributed by atoms with van der Waals surface area (Å²) in [5, 5.41) is 6.08. The quantitative estimate of drug-likeness (QED) is 0.610. The first kappa shape index (κ1) is 9.96. The molecule has 2 aliphatic heterocycles. The van der Waals surface area contributed by atoms with E-state index in [4.69, 9.17) is 0 Å². The lowest BCUT2D eigenvalue weighted by molar-refractivity contribution is -0.135. The van der Waals surface area contributed by atoms with E-state index >= 15 is 0 Å². The molecule has 2 N–H and O–H groups in total. The number of hydrogen-bond acceptors (Lipinski definition) is 3. The molecular weight excluding hydrogens is 206 g/mol. The molecule has 1 spiro atoms. The Morgan fingerprint density at radius 2 is 2.06 bits per heavy atom. The van der Waals surface area contributed by atoms with Crippen molar-refractivity contribution in [3.63, 3.8) is 0 Å². The van der Waals surface area contributed by atoms with Gasteiger partial charge in [0.1, 0.15) is 11.3 Å². The van der Waals surface area contributed by atoms with Gasteiger partial charge in [-0.25, -0.2) is 0 Å². The van der Waals surface area contributed by atoms with Gasteiger partial charge in [0.2, 0.25) is 5.91 Å². The Kier molecular flexibility index (Phi) is 2.10. The first-order valence-electron chi connectivity index (χ1n) is 5.90. The van der Waals surface area contributed by atoms with Gasteiger partial charge in [0, 0.05) is 0 Å². The molecule has 1 saturated carbocycles. The summed E-state index contributed by atoms with van der Waals surface area (Å²) in [5.41, 5.74) is -0.780. The minimum atomic E-state index is -0.780. The molecule has 5 nitrogen and oxygen atoms in total. The number of aliphatic imine (C=N–C) groups is 1. The van der Waals surface area contributed by atoms with Crippen LogP contribution >= 0.6 is 0 Å². The molecule has 86 valence electrons. The second-order valence-corrected chi connectivity index (χ2v) is 4.84. The molecule has 0 aromatic rings. The molecule has 3 rings (SSSR count). The van der Waals surface area contributed by atoms with Crippen LogP contribution in [-0.2, 0) is 9.59 Å². The molecule has 5 heteroatoms. The summed E-state index contributed by atoms with van der Waals surface area (Å²) in [6.45, 7) is 0.929. The molecule has 1 atom stereocenters. The number of nitrogens with zero attached hydrogens (tertiary/aromatic N) is 1. The Bertz CT molecular complexity index is 379. The third-order valence-electron chi connectivity index (χ3n) is 3.70. The van der Waals surface area contributed by atoms with Crippen LogP contribution in [0.4, 0.5) is 0 Å². The van der Waals surface area contributed by atoms with Crippen molar-refractivity contribution in [1.29, 1.82) is 0 Å². The van der Waals surface area contributed by atoms with Crippen molar-refractivity contribution in [3.05, 3.63) is 0 Å². The van der Waals surface area contributed by atoms with Gasteiger partial charge in [-0.1, -0.05) is 6.42 Å². The van der Waals surface area contributed by atoms with Gasteiger partial charge < -0.3 is 10.6 Å². The number of hydrogen-bond donors (Lipinski definition) is 2. The number of rotatable bonds is 1. The fourth-order valence-electron chi connectivity index (χ4n) is 2.39. The first-order chi connectivity index (χ1) is 7.72. The lowest BCUT2D eigenvalue weighted by Gasteiger charge is -2.28. The second-order valence-electron chi connectivity index (χ2n) is 4.84. The van der Waals surface area contributed by atoms with Crippen LogP contribution in [0.25, 0.3) is 0 Å². The molecular formula is C11H15N3O2. The molecule has 2 fully saturated rings. The average molecular weight is 221 g/mol. The molecule has 0 aromatic carbocycles. The lowest BCUT2D eigenvalue weighted by atomic mass is 9.99. The number of amides is 2. The zero-order valence-corrected chi connectivity index (χ0v) is 9.08. The molecule has 1 unspecified atom stereocenters. The van der Waals surface area contributed by atoms with Gasteiger partial charge in [0.15, 0.2) is 0 Å². The van der Waals surface area contributed by atoms with Gasteiger partial charge in [0.25, 0.3) is 5.91 Å². The van der Waals surface area contributed by atoms with Crippen molar-refractivity contribution < 1.29 is 9.59 Å². The van der Waals surface area contributed by atoms with Crippen LogP contribution in [0, 0.1) is 5.41 Å². The molecule has 0 bridgehead atoms. The van der Waals surface area contributed by atoms with Crippen molar-refractivity contribution in [2.45, 2.75) is 38.1 Å². The smallest absolute Gasteiger partial charge is 0.263 e. The number of carbonyl (C=O) groups is 2. The predicted molar refractivity (Wildman–Crippen MR) is 57.9 cm³/mol. The maximum absolute atomic E-state index is 11.8. The molecule has 0 radical (unpaired) electrons. The van der Waals surface area contributed by atoms with Crippen molar-refractivity contribution >= 4 is 17.6 Å². The SMILES string of the molecule is O=C1N=C(C2CCCCN2)NC(=O)C12CC2. The Balaban J connectivity index is 1.81. The number of carbonyl (C=O) groups excluding carboxylic acids is 2. The Hall–Kier alpha value is -1.23. The maximum atomic E-state index is 11.8. The van der Waals surface area contributed by atoms with Crippen LogP contribution in [0.5, 0.6) is 0 Å². The van der Waals surface area contributed by atoms with E-state index in [1.54, 1.807) is 0 Å². The van der Waals surface area contributed by atoms with Gasteiger partial charge in [-0.15, -0.1) is 0 Å². The number of piperidine rings is 1. The molecule has 1 aliphatic carbocycles. The summed E-state index contributed by atoms with van der Waals surface area (Å²) in [5.74, 6) is 0.153. The van der Waals surface area contributed by atoms with Gasteiger partial charge >= 0.3 is 0 Å². The summed E-state index contributed by atoms with van der Waals surface area (Å²) in [6, 6.07) is 0.0535. The Labute approximate surface area is 93.7 Å².